The Morgan fingerprint density at radius 2 is 1.90 bits per heavy atom. The van der Waals surface area contributed by atoms with Crippen molar-refractivity contribution in [1.82, 2.24) is 10.2 Å². The van der Waals surface area contributed by atoms with E-state index >= 15 is 0 Å². The predicted molar refractivity (Wildman–Crippen MR) is 123 cm³/mol. The second-order valence-electron chi connectivity index (χ2n) is 7.50. The van der Waals surface area contributed by atoms with Crippen molar-refractivity contribution in [2.24, 2.45) is 0 Å². The zero-order chi connectivity index (χ0) is 20.8. The molecule has 1 aliphatic rings. The molecular weight excluding hydrogens is 382 g/mol. The van der Waals surface area contributed by atoms with Crippen molar-refractivity contribution in [3.05, 3.63) is 53.6 Å². The molecule has 1 saturated heterocycles. The molecule has 3 rings (SSSR count). The van der Waals surface area contributed by atoms with Gasteiger partial charge in [-0.3, -0.25) is 0 Å². The van der Waals surface area contributed by atoms with Crippen molar-refractivity contribution in [2.75, 3.05) is 45.3 Å². The summed E-state index contributed by atoms with van der Waals surface area (Å²) in [4.78, 5) is 4.75. The van der Waals surface area contributed by atoms with Crippen LogP contribution in [0.4, 0.5) is 5.69 Å². The third-order valence-electron chi connectivity index (χ3n) is 5.39. The molecule has 1 unspecified atom stereocenters. The fourth-order valence-corrected chi connectivity index (χ4v) is 4.06. The highest BCUT2D eigenvalue weighted by molar-refractivity contribution is 7.80. The molecule has 156 valence electrons. The minimum absolute atomic E-state index is 0.413. The van der Waals surface area contributed by atoms with Crippen LogP contribution < -0.4 is 19.7 Å². The molecule has 0 aliphatic carbocycles. The number of nitrogens with zero attached hydrogens (tertiary/aromatic N) is 2. The number of piperazine rings is 1. The van der Waals surface area contributed by atoms with E-state index in [1.807, 2.05) is 12.1 Å². The average molecular weight is 414 g/mol. The maximum atomic E-state index is 5.66. The molecule has 0 amide bonds. The summed E-state index contributed by atoms with van der Waals surface area (Å²) in [5.41, 5.74) is 3.78. The van der Waals surface area contributed by atoms with Crippen LogP contribution >= 0.6 is 12.2 Å². The summed E-state index contributed by atoms with van der Waals surface area (Å²) in [6, 6.07) is 15.2. The van der Waals surface area contributed by atoms with Gasteiger partial charge in [-0.15, -0.1) is 0 Å². The largest absolute Gasteiger partial charge is 0.493 e. The molecule has 5 nitrogen and oxygen atoms in total. The summed E-state index contributed by atoms with van der Waals surface area (Å²) in [6.45, 7) is 8.03. The Labute approximate surface area is 179 Å². The first kappa shape index (κ1) is 21.2. The monoisotopic (exact) mass is 413 g/mol. The summed E-state index contributed by atoms with van der Waals surface area (Å²) in [7, 11) is 3.31. The van der Waals surface area contributed by atoms with Crippen LogP contribution in [-0.4, -0.2) is 56.5 Å². The molecule has 0 aromatic heterocycles. The van der Waals surface area contributed by atoms with Gasteiger partial charge in [0.05, 0.1) is 14.2 Å². The van der Waals surface area contributed by atoms with Crippen molar-refractivity contribution in [1.29, 1.82) is 0 Å². The Bertz CT molecular complexity index is 843. The molecule has 2 aromatic carbocycles. The Morgan fingerprint density at radius 1 is 1.10 bits per heavy atom. The van der Waals surface area contributed by atoms with E-state index in [-0.39, 0.29) is 0 Å². The SMILES string of the molecule is COc1ccc(CCNC(=S)N2CCN(c3cccc(C)c3)C(C)C2)cc1OC. The number of anilines is 1. The first-order valence-corrected chi connectivity index (χ1v) is 10.5. The van der Waals surface area contributed by atoms with Crippen LogP contribution in [0.15, 0.2) is 42.5 Å². The minimum atomic E-state index is 0.413. The number of hydrogen-bond acceptors (Lipinski definition) is 4. The molecule has 1 fully saturated rings. The Kier molecular flexibility index (Phi) is 7.20. The molecule has 29 heavy (non-hydrogen) atoms. The molecule has 1 heterocycles. The number of benzene rings is 2. The van der Waals surface area contributed by atoms with Gasteiger partial charge in [0.1, 0.15) is 0 Å². The molecule has 1 aliphatic heterocycles. The molecule has 0 spiro atoms. The van der Waals surface area contributed by atoms with Crippen molar-refractivity contribution in [3.8, 4) is 11.5 Å². The Hall–Kier alpha value is -2.47. The van der Waals surface area contributed by atoms with Gasteiger partial charge >= 0.3 is 0 Å². The zero-order valence-corrected chi connectivity index (χ0v) is 18.6. The van der Waals surface area contributed by atoms with Gasteiger partial charge in [0.25, 0.3) is 0 Å². The highest BCUT2D eigenvalue weighted by atomic mass is 32.1. The fourth-order valence-electron chi connectivity index (χ4n) is 3.79. The van der Waals surface area contributed by atoms with E-state index in [0.717, 1.165) is 49.2 Å². The van der Waals surface area contributed by atoms with E-state index < -0.39 is 0 Å². The number of aryl methyl sites for hydroxylation is 1. The van der Waals surface area contributed by atoms with Gasteiger partial charge in [0.15, 0.2) is 16.6 Å². The van der Waals surface area contributed by atoms with Crippen LogP contribution in [0.25, 0.3) is 0 Å². The van der Waals surface area contributed by atoms with E-state index in [0.29, 0.717) is 6.04 Å². The molecule has 6 heteroatoms. The second-order valence-corrected chi connectivity index (χ2v) is 7.89. The van der Waals surface area contributed by atoms with E-state index in [1.54, 1.807) is 14.2 Å². The van der Waals surface area contributed by atoms with Crippen LogP contribution in [0.3, 0.4) is 0 Å². The third kappa shape index (κ3) is 5.32. The van der Waals surface area contributed by atoms with E-state index in [4.69, 9.17) is 21.7 Å². The molecule has 0 saturated carbocycles. The van der Waals surface area contributed by atoms with Gasteiger partial charge in [-0.1, -0.05) is 18.2 Å². The summed E-state index contributed by atoms with van der Waals surface area (Å²) in [6.07, 6.45) is 0.874. The van der Waals surface area contributed by atoms with Gasteiger partial charge < -0.3 is 24.6 Å². The maximum absolute atomic E-state index is 5.66. The summed E-state index contributed by atoms with van der Waals surface area (Å²) in [5.74, 6) is 1.51. The van der Waals surface area contributed by atoms with Gasteiger partial charge in [-0.25, -0.2) is 0 Å². The highest BCUT2D eigenvalue weighted by Crippen LogP contribution is 2.27. The van der Waals surface area contributed by atoms with Crippen LogP contribution in [-0.2, 0) is 6.42 Å². The molecule has 2 aromatic rings. The van der Waals surface area contributed by atoms with Crippen LogP contribution in [0.5, 0.6) is 11.5 Å². The summed E-state index contributed by atoms with van der Waals surface area (Å²) < 4.78 is 10.7. The van der Waals surface area contributed by atoms with Gasteiger partial charge in [0.2, 0.25) is 0 Å². The lowest BCUT2D eigenvalue weighted by atomic mass is 10.1. The average Bonchev–Trinajstić information content (AvgIpc) is 2.73. The third-order valence-corrected chi connectivity index (χ3v) is 5.79. The first-order chi connectivity index (χ1) is 14.0. The topological polar surface area (TPSA) is 37.0 Å². The Balaban J connectivity index is 1.49. The standard InChI is InChI=1S/C23H31N3O2S/c1-17-6-5-7-20(14-17)26-13-12-25(16-18(26)2)23(29)24-11-10-19-8-9-21(27-3)22(15-19)28-4/h5-9,14-15,18H,10-13,16H2,1-4H3,(H,24,29). The van der Waals surface area contributed by atoms with Gasteiger partial charge in [-0.2, -0.15) is 0 Å². The van der Waals surface area contributed by atoms with Crippen LogP contribution in [0, 0.1) is 6.92 Å². The van der Waals surface area contributed by atoms with Crippen molar-refractivity contribution in [3.63, 3.8) is 0 Å². The molecular formula is C23H31N3O2S. The predicted octanol–water partition coefficient (Wildman–Crippen LogP) is 3.64. The van der Waals surface area contributed by atoms with E-state index in [9.17, 15) is 0 Å². The van der Waals surface area contributed by atoms with Crippen LogP contribution in [0.2, 0.25) is 0 Å². The van der Waals surface area contributed by atoms with E-state index in [1.165, 1.54) is 16.8 Å². The number of nitrogens with one attached hydrogen (secondary N) is 1. The lowest BCUT2D eigenvalue weighted by Gasteiger charge is -2.42. The van der Waals surface area contributed by atoms with Gasteiger partial charge in [-0.05, 0) is 67.9 Å². The number of ether oxygens (including phenoxy) is 2. The quantitative estimate of drug-likeness (QED) is 0.729. The second kappa shape index (κ2) is 9.83. The molecule has 1 atom stereocenters. The minimum Gasteiger partial charge on any atom is -0.493 e. The number of thiocarbonyl (C=S) groups is 1. The maximum Gasteiger partial charge on any atom is 0.169 e. The number of rotatable bonds is 6. The summed E-state index contributed by atoms with van der Waals surface area (Å²) >= 11 is 5.66. The molecule has 0 radical (unpaired) electrons. The fraction of sp³-hybridized carbons (Fsp3) is 0.435. The zero-order valence-electron chi connectivity index (χ0n) is 17.8. The van der Waals surface area contributed by atoms with Crippen LogP contribution in [0.1, 0.15) is 18.1 Å². The lowest BCUT2D eigenvalue weighted by Crippen LogP contribution is -2.56. The lowest BCUT2D eigenvalue weighted by molar-refractivity contribution is 0.334. The van der Waals surface area contributed by atoms with Crippen molar-refractivity contribution < 1.29 is 9.47 Å². The highest BCUT2D eigenvalue weighted by Gasteiger charge is 2.25. The first-order valence-electron chi connectivity index (χ1n) is 10.1. The van der Waals surface area contributed by atoms with Gasteiger partial charge in [0, 0.05) is 37.9 Å². The Morgan fingerprint density at radius 3 is 2.59 bits per heavy atom. The number of hydrogen-bond donors (Lipinski definition) is 1. The molecule has 0 bridgehead atoms. The van der Waals surface area contributed by atoms with Crippen molar-refractivity contribution in [2.45, 2.75) is 26.3 Å². The summed E-state index contributed by atoms with van der Waals surface area (Å²) in [5, 5.41) is 4.25. The molecule has 1 N–H and O–H groups in total. The van der Waals surface area contributed by atoms with Crippen molar-refractivity contribution >= 4 is 23.0 Å². The smallest absolute Gasteiger partial charge is 0.169 e. The normalized spacial score (nSPS) is 16.5. The number of methoxy groups -OCH3 is 2. The van der Waals surface area contributed by atoms with E-state index in [2.05, 4.69) is 59.3 Å².